The minimum Gasteiger partial charge on any atom is -0.481 e. The van der Waals surface area contributed by atoms with Crippen molar-refractivity contribution < 1.29 is 15.0 Å². The van der Waals surface area contributed by atoms with Gasteiger partial charge in [0.25, 0.3) is 0 Å². The number of carboxylic acids is 1. The minimum atomic E-state index is -0.797. The highest BCUT2D eigenvalue weighted by Crippen LogP contribution is 2.30. The van der Waals surface area contributed by atoms with Gasteiger partial charge in [0.15, 0.2) is 0 Å². The second kappa shape index (κ2) is 5.50. The second-order valence-corrected chi connectivity index (χ2v) is 4.67. The molecule has 0 aromatic carbocycles. The average molecular weight is 204 g/mol. The van der Waals surface area contributed by atoms with Crippen LogP contribution in [0.3, 0.4) is 0 Å². The Bertz CT molecular complexity index is 166. The van der Waals surface area contributed by atoms with Crippen LogP contribution in [-0.2, 0) is 4.79 Å². The van der Waals surface area contributed by atoms with E-state index >= 15 is 0 Å². The molecule has 13 heavy (non-hydrogen) atoms. The summed E-state index contributed by atoms with van der Waals surface area (Å²) in [6.45, 7) is 0.0114. The van der Waals surface area contributed by atoms with Crippen LogP contribution in [0.2, 0.25) is 0 Å². The molecule has 2 unspecified atom stereocenters. The lowest BCUT2D eigenvalue weighted by molar-refractivity contribution is -0.139. The molecule has 0 aliphatic carbocycles. The van der Waals surface area contributed by atoms with Crippen molar-refractivity contribution >= 4 is 17.7 Å². The molecule has 0 saturated carbocycles. The van der Waals surface area contributed by atoms with Crippen LogP contribution in [0, 0.1) is 11.8 Å². The van der Waals surface area contributed by atoms with E-state index in [1.165, 1.54) is 5.75 Å². The highest BCUT2D eigenvalue weighted by atomic mass is 32.2. The smallest absolute Gasteiger partial charge is 0.303 e. The normalized spacial score (nSPS) is 25.5. The van der Waals surface area contributed by atoms with Crippen LogP contribution in [0.4, 0.5) is 0 Å². The van der Waals surface area contributed by atoms with E-state index in [2.05, 4.69) is 0 Å². The summed E-state index contributed by atoms with van der Waals surface area (Å²) in [5.74, 6) is 1.76. The van der Waals surface area contributed by atoms with E-state index in [1.807, 2.05) is 11.8 Å². The number of aliphatic hydroxyl groups excluding tert-OH is 1. The molecule has 2 atom stereocenters. The number of thioether (sulfide) groups is 1. The van der Waals surface area contributed by atoms with E-state index in [0.29, 0.717) is 5.92 Å². The molecule has 3 nitrogen and oxygen atoms in total. The third kappa shape index (κ3) is 3.56. The highest BCUT2D eigenvalue weighted by Gasteiger charge is 2.25. The van der Waals surface area contributed by atoms with Gasteiger partial charge in [0, 0.05) is 6.61 Å². The van der Waals surface area contributed by atoms with Crippen molar-refractivity contribution in [1.82, 2.24) is 0 Å². The Morgan fingerprint density at radius 2 is 2.38 bits per heavy atom. The fourth-order valence-electron chi connectivity index (χ4n) is 1.74. The van der Waals surface area contributed by atoms with Gasteiger partial charge in [-0.3, -0.25) is 4.79 Å². The van der Waals surface area contributed by atoms with Gasteiger partial charge < -0.3 is 10.2 Å². The highest BCUT2D eigenvalue weighted by molar-refractivity contribution is 7.99. The Morgan fingerprint density at radius 3 is 2.85 bits per heavy atom. The van der Waals surface area contributed by atoms with E-state index in [4.69, 9.17) is 10.2 Å². The fraction of sp³-hybridized carbons (Fsp3) is 0.889. The molecule has 0 bridgehead atoms. The van der Waals surface area contributed by atoms with Gasteiger partial charge in [0.2, 0.25) is 0 Å². The standard InChI is InChI=1S/C9H16O3S/c10-5-8(4-9(11)12)7-2-1-3-13-6-7/h7-8,10H,1-6H2,(H,11,12). The zero-order valence-electron chi connectivity index (χ0n) is 7.61. The summed E-state index contributed by atoms with van der Waals surface area (Å²) < 4.78 is 0. The van der Waals surface area contributed by atoms with Gasteiger partial charge in [-0.2, -0.15) is 11.8 Å². The summed E-state index contributed by atoms with van der Waals surface area (Å²) in [4.78, 5) is 10.5. The first-order valence-electron chi connectivity index (χ1n) is 4.64. The molecule has 0 radical (unpaired) electrons. The first-order valence-corrected chi connectivity index (χ1v) is 5.80. The zero-order chi connectivity index (χ0) is 9.68. The lowest BCUT2D eigenvalue weighted by Crippen LogP contribution is -2.26. The molecule has 2 N–H and O–H groups in total. The molecular weight excluding hydrogens is 188 g/mol. The summed E-state index contributed by atoms with van der Waals surface area (Å²) in [7, 11) is 0. The molecule has 0 spiro atoms. The largest absolute Gasteiger partial charge is 0.481 e. The Balaban J connectivity index is 2.39. The molecule has 1 aliphatic rings. The molecular formula is C9H16O3S. The fourth-order valence-corrected chi connectivity index (χ4v) is 3.02. The number of rotatable bonds is 4. The van der Waals surface area contributed by atoms with Crippen molar-refractivity contribution in [2.45, 2.75) is 19.3 Å². The molecule has 0 aromatic heterocycles. The van der Waals surface area contributed by atoms with Crippen molar-refractivity contribution in [1.29, 1.82) is 0 Å². The summed E-state index contributed by atoms with van der Waals surface area (Å²) in [6.07, 6.45) is 2.35. The number of hydrogen-bond donors (Lipinski definition) is 2. The quantitative estimate of drug-likeness (QED) is 0.722. The number of aliphatic hydroxyl groups is 1. The summed E-state index contributed by atoms with van der Waals surface area (Å²) in [5, 5.41) is 17.7. The third-order valence-electron chi connectivity index (χ3n) is 2.53. The van der Waals surface area contributed by atoms with Gasteiger partial charge in [-0.1, -0.05) is 0 Å². The van der Waals surface area contributed by atoms with E-state index in [1.54, 1.807) is 0 Å². The molecule has 76 valence electrons. The van der Waals surface area contributed by atoms with Crippen LogP contribution in [0.25, 0.3) is 0 Å². The van der Waals surface area contributed by atoms with Crippen molar-refractivity contribution in [3.63, 3.8) is 0 Å². The lowest BCUT2D eigenvalue weighted by Gasteiger charge is -2.27. The predicted molar refractivity (Wildman–Crippen MR) is 52.9 cm³/mol. The first kappa shape index (κ1) is 10.9. The molecule has 1 fully saturated rings. The summed E-state index contributed by atoms with van der Waals surface area (Å²) in [5.41, 5.74) is 0. The molecule has 1 rings (SSSR count). The van der Waals surface area contributed by atoms with Gasteiger partial charge >= 0.3 is 5.97 Å². The number of carboxylic acid groups (broad SMARTS) is 1. The van der Waals surface area contributed by atoms with Crippen LogP contribution < -0.4 is 0 Å². The van der Waals surface area contributed by atoms with Gasteiger partial charge in [-0.15, -0.1) is 0 Å². The summed E-state index contributed by atoms with van der Waals surface area (Å²) >= 11 is 1.87. The van der Waals surface area contributed by atoms with E-state index in [9.17, 15) is 4.79 Å². The van der Waals surface area contributed by atoms with Gasteiger partial charge in [0.05, 0.1) is 6.42 Å². The van der Waals surface area contributed by atoms with Crippen LogP contribution in [0.5, 0.6) is 0 Å². The Kier molecular flexibility index (Phi) is 4.59. The molecule has 1 saturated heterocycles. The topological polar surface area (TPSA) is 57.5 Å². The van der Waals surface area contributed by atoms with Crippen molar-refractivity contribution in [2.24, 2.45) is 11.8 Å². The zero-order valence-corrected chi connectivity index (χ0v) is 8.42. The predicted octanol–water partition coefficient (Wildman–Crippen LogP) is 1.21. The maximum absolute atomic E-state index is 10.5. The molecule has 1 heterocycles. The van der Waals surface area contributed by atoms with Crippen molar-refractivity contribution in [3.05, 3.63) is 0 Å². The SMILES string of the molecule is O=C(O)CC(CO)C1CCCSC1. The average Bonchev–Trinajstić information content (AvgIpc) is 2.15. The minimum absolute atomic E-state index is 0.0114. The molecule has 1 aliphatic heterocycles. The summed E-state index contributed by atoms with van der Waals surface area (Å²) in [6, 6.07) is 0. The van der Waals surface area contributed by atoms with E-state index in [0.717, 1.165) is 18.6 Å². The lowest BCUT2D eigenvalue weighted by atomic mass is 9.88. The van der Waals surface area contributed by atoms with Crippen molar-refractivity contribution in [3.8, 4) is 0 Å². The van der Waals surface area contributed by atoms with Gasteiger partial charge in [-0.25, -0.2) is 0 Å². The Morgan fingerprint density at radius 1 is 1.62 bits per heavy atom. The van der Waals surface area contributed by atoms with E-state index in [-0.39, 0.29) is 18.9 Å². The molecule has 0 aromatic rings. The van der Waals surface area contributed by atoms with Crippen LogP contribution in [0.1, 0.15) is 19.3 Å². The van der Waals surface area contributed by atoms with Crippen LogP contribution in [0.15, 0.2) is 0 Å². The number of aliphatic carboxylic acids is 1. The van der Waals surface area contributed by atoms with Crippen molar-refractivity contribution in [2.75, 3.05) is 18.1 Å². The number of carbonyl (C=O) groups is 1. The van der Waals surface area contributed by atoms with Crippen LogP contribution >= 0.6 is 11.8 Å². The Labute approximate surface area is 82.5 Å². The monoisotopic (exact) mass is 204 g/mol. The Hall–Kier alpha value is -0.220. The maximum atomic E-state index is 10.5. The number of hydrogen-bond acceptors (Lipinski definition) is 3. The molecule has 4 heteroatoms. The maximum Gasteiger partial charge on any atom is 0.303 e. The second-order valence-electron chi connectivity index (χ2n) is 3.52. The first-order chi connectivity index (χ1) is 6.24. The van der Waals surface area contributed by atoms with Crippen LogP contribution in [-0.4, -0.2) is 34.3 Å². The van der Waals surface area contributed by atoms with Gasteiger partial charge in [-0.05, 0) is 36.2 Å². The van der Waals surface area contributed by atoms with Gasteiger partial charge in [0.1, 0.15) is 0 Å². The van der Waals surface area contributed by atoms with E-state index < -0.39 is 5.97 Å². The third-order valence-corrected chi connectivity index (χ3v) is 3.77. The molecule has 0 amide bonds.